The molecule has 0 aliphatic heterocycles. The van der Waals surface area contributed by atoms with E-state index >= 15 is 0 Å². The summed E-state index contributed by atoms with van der Waals surface area (Å²) in [6, 6.07) is -0.653. The summed E-state index contributed by atoms with van der Waals surface area (Å²) in [5.74, 6) is 0.0521. The number of carbonyl (C=O) groups excluding carboxylic acids is 2. The average Bonchev–Trinajstić information content (AvgIpc) is 2.79. The molecule has 1 atom stereocenters. The summed E-state index contributed by atoms with van der Waals surface area (Å²) >= 11 is 5.56. The summed E-state index contributed by atoms with van der Waals surface area (Å²) in [7, 11) is 1.55. The van der Waals surface area contributed by atoms with E-state index in [2.05, 4.69) is 6.92 Å². The van der Waals surface area contributed by atoms with Crippen LogP contribution in [0.3, 0.4) is 0 Å². The van der Waals surface area contributed by atoms with Crippen molar-refractivity contribution in [1.29, 1.82) is 0 Å². The van der Waals surface area contributed by atoms with Gasteiger partial charge in [-0.15, -0.1) is 11.6 Å². The predicted molar refractivity (Wildman–Crippen MR) is 134 cm³/mol. The molecule has 0 aliphatic rings. The second-order valence-electron chi connectivity index (χ2n) is 8.91. The van der Waals surface area contributed by atoms with Crippen LogP contribution in [-0.2, 0) is 14.3 Å². The van der Waals surface area contributed by atoms with Crippen molar-refractivity contribution >= 4 is 23.7 Å². The molecule has 0 bridgehead atoms. The molecule has 0 N–H and O–H groups in total. The van der Waals surface area contributed by atoms with Gasteiger partial charge in [0.2, 0.25) is 0 Å². The Morgan fingerprint density at radius 2 is 1.09 bits per heavy atom. The van der Waals surface area contributed by atoms with E-state index in [0.29, 0.717) is 18.9 Å². The van der Waals surface area contributed by atoms with Crippen LogP contribution in [0.2, 0.25) is 0 Å². The topological polar surface area (TPSA) is 55.8 Å². The second-order valence-corrected chi connectivity index (χ2v) is 9.29. The Balaban J connectivity index is 3.45. The lowest BCUT2D eigenvalue weighted by molar-refractivity contribution is -0.148. The Kier molecular flexibility index (Phi) is 22.5. The van der Waals surface area contributed by atoms with Crippen LogP contribution < -0.4 is 0 Å². The van der Waals surface area contributed by atoms with Gasteiger partial charge < -0.3 is 9.47 Å². The number of likely N-dealkylation sites (N-methyl/N-ethyl adjacent to an activating group) is 1. The number of ether oxygens (including phenoxy) is 2. The van der Waals surface area contributed by atoms with Gasteiger partial charge >= 0.3 is 12.1 Å². The summed E-state index contributed by atoms with van der Waals surface area (Å²) in [4.78, 5) is 25.2. The maximum atomic E-state index is 12.1. The van der Waals surface area contributed by atoms with Crippen LogP contribution in [-0.4, -0.2) is 49.1 Å². The highest BCUT2D eigenvalue weighted by molar-refractivity contribution is 6.17. The Labute approximate surface area is 202 Å². The van der Waals surface area contributed by atoms with Crippen molar-refractivity contribution in [2.45, 2.75) is 129 Å². The lowest BCUT2D eigenvalue weighted by Crippen LogP contribution is -2.41. The Morgan fingerprint density at radius 1 is 0.688 bits per heavy atom. The summed E-state index contributed by atoms with van der Waals surface area (Å²) in [5, 5.41) is 0. The molecule has 1 amide bonds. The zero-order valence-electron chi connectivity index (χ0n) is 21.2. The van der Waals surface area contributed by atoms with E-state index in [-0.39, 0.29) is 12.6 Å². The lowest BCUT2D eigenvalue weighted by Gasteiger charge is -2.22. The largest absolute Gasteiger partial charge is 0.464 e. The molecule has 32 heavy (non-hydrogen) atoms. The molecule has 0 spiro atoms. The number of esters is 1. The van der Waals surface area contributed by atoms with Gasteiger partial charge in [0.15, 0.2) is 0 Å². The van der Waals surface area contributed by atoms with Crippen LogP contribution in [0, 0.1) is 0 Å². The third-order valence-electron chi connectivity index (χ3n) is 5.96. The summed E-state index contributed by atoms with van der Waals surface area (Å²) < 4.78 is 10.4. The van der Waals surface area contributed by atoms with Crippen molar-refractivity contribution in [3.8, 4) is 0 Å². The van der Waals surface area contributed by atoms with Crippen molar-refractivity contribution in [2.75, 3.05) is 26.1 Å². The molecule has 0 rings (SSSR count). The van der Waals surface area contributed by atoms with Gasteiger partial charge in [-0.2, -0.15) is 0 Å². The van der Waals surface area contributed by atoms with Crippen molar-refractivity contribution in [1.82, 2.24) is 4.90 Å². The Bertz CT molecular complexity index is 448. The third kappa shape index (κ3) is 18.6. The van der Waals surface area contributed by atoms with Gasteiger partial charge in [-0.1, -0.05) is 103 Å². The minimum atomic E-state index is -0.653. The molecule has 0 heterocycles. The van der Waals surface area contributed by atoms with Gasteiger partial charge in [0, 0.05) is 12.9 Å². The van der Waals surface area contributed by atoms with Gasteiger partial charge in [0.1, 0.15) is 6.04 Å². The zero-order valence-corrected chi connectivity index (χ0v) is 21.9. The van der Waals surface area contributed by atoms with E-state index < -0.39 is 12.1 Å². The normalized spacial score (nSPS) is 11.9. The summed E-state index contributed by atoms with van der Waals surface area (Å²) in [6.07, 6.45) is 21.1. The zero-order chi connectivity index (χ0) is 23.9. The molecule has 190 valence electrons. The molecular weight excluding hydrogens is 426 g/mol. The third-order valence-corrected chi connectivity index (χ3v) is 6.22. The van der Waals surface area contributed by atoms with Crippen LogP contribution in [0.4, 0.5) is 4.79 Å². The van der Waals surface area contributed by atoms with Gasteiger partial charge in [0.25, 0.3) is 0 Å². The fourth-order valence-corrected chi connectivity index (χ4v) is 3.68. The average molecular weight is 476 g/mol. The van der Waals surface area contributed by atoms with Crippen molar-refractivity contribution in [3.63, 3.8) is 0 Å². The molecule has 6 heteroatoms. The number of hydrogen-bond donors (Lipinski definition) is 0. The number of alkyl halides is 1. The number of halogens is 1. The van der Waals surface area contributed by atoms with Crippen molar-refractivity contribution < 1.29 is 19.1 Å². The number of amides is 1. The molecule has 0 saturated carbocycles. The molecule has 0 aromatic carbocycles. The molecule has 5 nitrogen and oxygen atoms in total. The quantitative estimate of drug-likeness (QED) is 0.0907. The first-order valence-corrected chi connectivity index (χ1v) is 13.7. The lowest BCUT2D eigenvalue weighted by atomic mass is 10.0. The van der Waals surface area contributed by atoms with E-state index in [1.807, 2.05) is 0 Å². The van der Waals surface area contributed by atoms with E-state index in [9.17, 15) is 9.59 Å². The first-order valence-electron chi connectivity index (χ1n) is 13.2. The van der Waals surface area contributed by atoms with E-state index in [4.69, 9.17) is 21.1 Å². The minimum Gasteiger partial charge on any atom is -0.464 e. The van der Waals surface area contributed by atoms with Crippen molar-refractivity contribution in [2.24, 2.45) is 0 Å². The maximum absolute atomic E-state index is 12.1. The van der Waals surface area contributed by atoms with Gasteiger partial charge in [0.05, 0.1) is 13.2 Å². The fourth-order valence-electron chi connectivity index (χ4n) is 3.58. The Morgan fingerprint density at radius 3 is 1.53 bits per heavy atom. The number of carbonyl (C=O) groups is 2. The van der Waals surface area contributed by atoms with E-state index in [0.717, 1.165) is 12.8 Å². The number of unbranched alkanes of at least 4 members (excludes halogenated alkanes) is 15. The highest BCUT2D eigenvalue weighted by Gasteiger charge is 2.24. The minimum absolute atomic E-state index is 0.258. The van der Waals surface area contributed by atoms with Gasteiger partial charge in [-0.05, 0) is 19.8 Å². The summed E-state index contributed by atoms with van der Waals surface area (Å²) in [6.45, 7) is 4.59. The molecular formula is C26H50ClNO4. The van der Waals surface area contributed by atoms with Crippen LogP contribution in [0.25, 0.3) is 0 Å². The first-order chi connectivity index (χ1) is 15.5. The predicted octanol–water partition coefficient (Wildman–Crippen LogP) is 7.88. The molecule has 1 unspecified atom stereocenters. The second kappa shape index (κ2) is 23.2. The number of hydrogen-bond acceptors (Lipinski definition) is 4. The first kappa shape index (κ1) is 31.0. The number of nitrogens with zero attached hydrogens (tertiary/aromatic N) is 1. The van der Waals surface area contributed by atoms with Crippen LogP contribution >= 0.6 is 11.6 Å². The molecule has 0 fully saturated rings. The number of rotatable bonds is 22. The maximum Gasteiger partial charge on any atom is 0.410 e. The molecule has 0 radical (unpaired) electrons. The van der Waals surface area contributed by atoms with E-state index in [1.165, 1.54) is 94.8 Å². The SMILES string of the molecule is CCCCCCCCCCCCCCCCCCOC(=O)C(C)N(C)C(=O)OCCCCl. The summed E-state index contributed by atoms with van der Waals surface area (Å²) in [5.41, 5.74) is 0. The van der Waals surface area contributed by atoms with Gasteiger partial charge in [-0.3, -0.25) is 4.90 Å². The Hall–Kier alpha value is -0.970. The van der Waals surface area contributed by atoms with Gasteiger partial charge in [-0.25, -0.2) is 9.59 Å². The van der Waals surface area contributed by atoms with Crippen molar-refractivity contribution in [3.05, 3.63) is 0 Å². The molecule has 0 aromatic rings. The monoisotopic (exact) mass is 475 g/mol. The highest BCUT2D eigenvalue weighted by Crippen LogP contribution is 2.14. The van der Waals surface area contributed by atoms with E-state index in [1.54, 1.807) is 14.0 Å². The van der Waals surface area contributed by atoms with Crippen LogP contribution in [0.1, 0.15) is 123 Å². The molecule has 0 aliphatic carbocycles. The van der Waals surface area contributed by atoms with Crippen LogP contribution in [0.5, 0.6) is 0 Å². The fraction of sp³-hybridized carbons (Fsp3) is 0.923. The standard InChI is InChI=1S/C26H50ClNO4/c1-4-5-6-7-8-9-10-11-12-13-14-15-16-17-18-19-22-31-25(29)24(2)28(3)26(30)32-23-20-21-27/h24H,4-23H2,1-3H3. The smallest absolute Gasteiger partial charge is 0.410 e. The molecule has 0 saturated heterocycles. The van der Waals surface area contributed by atoms with Crippen LogP contribution in [0.15, 0.2) is 0 Å². The molecule has 0 aromatic heterocycles. The highest BCUT2D eigenvalue weighted by atomic mass is 35.5.